The normalized spacial score (nSPS) is 14.2. The highest BCUT2D eigenvalue weighted by Crippen LogP contribution is 2.29. The van der Waals surface area contributed by atoms with Crippen LogP contribution in [0.3, 0.4) is 0 Å². The second-order valence-electron chi connectivity index (χ2n) is 8.20. The molecule has 2 aromatic heterocycles. The predicted octanol–water partition coefficient (Wildman–Crippen LogP) is 4.60. The molecule has 9 heteroatoms. The topological polar surface area (TPSA) is 80.1 Å². The molecule has 0 saturated carbocycles. The molecule has 7 nitrogen and oxygen atoms in total. The smallest absolute Gasteiger partial charge is 0.273 e. The van der Waals surface area contributed by atoms with Gasteiger partial charge < -0.3 is 10.2 Å². The number of piperidine rings is 1. The maximum absolute atomic E-state index is 13.2. The molecular weight excluding hydrogens is 442 g/mol. The van der Waals surface area contributed by atoms with Gasteiger partial charge in [-0.2, -0.15) is 4.98 Å². The van der Waals surface area contributed by atoms with Crippen LogP contribution in [0.2, 0.25) is 0 Å². The van der Waals surface area contributed by atoms with E-state index in [1.165, 1.54) is 29.5 Å². The van der Waals surface area contributed by atoms with Crippen LogP contribution in [-0.2, 0) is 11.3 Å². The van der Waals surface area contributed by atoms with E-state index < -0.39 is 0 Å². The Morgan fingerprint density at radius 2 is 1.97 bits per heavy atom. The van der Waals surface area contributed by atoms with Crippen molar-refractivity contribution in [3.63, 3.8) is 0 Å². The molecule has 0 bridgehead atoms. The van der Waals surface area contributed by atoms with Crippen molar-refractivity contribution in [3.8, 4) is 0 Å². The third-order valence-electron chi connectivity index (χ3n) is 5.53. The zero-order valence-corrected chi connectivity index (χ0v) is 20.4. The van der Waals surface area contributed by atoms with Crippen molar-refractivity contribution >= 4 is 50.2 Å². The number of benzene rings is 1. The van der Waals surface area contributed by atoms with E-state index in [0.29, 0.717) is 22.0 Å². The quantitative estimate of drug-likeness (QED) is 0.401. The second-order valence-corrected chi connectivity index (χ2v) is 10.1. The summed E-state index contributed by atoms with van der Waals surface area (Å²) in [6, 6.07) is 5.94. The first-order valence-corrected chi connectivity index (χ1v) is 12.9. The van der Waals surface area contributed by atoms with Crippen molar-refractivity contribution in [1.82, 2.24) is 14.5 Å². The van der Waals surface area contributed by atoms with Gasteiger partial charge in [0.2, 0.25) is 5.91 Å². The van der Waals surface area contributed by atoms with Gasteiger partial charge in [-0.15, -0.1) is 0 Å². The fraction of sp³-hybridized carbons (Fsp3) is 0.478. The number of hydrogen-bond acceptors (Lipinski definition) is 7. The zero-order valence-electron chi connectivity index (χ0n) is 18.8. The monoisotopic (exact) mass is 471 g/mol. The van der Waals surface area contributed by atoms with Crippen molar-refractivity contribution in [2.45, 2.75) is 58.2 Å². The number of aromatic nitrogens is 3. The highest BCUT2D eigenvalue weighted by Gasteiger charge is 2.20. The van der Waals surface area contributed by atoms with Crippen molar-refractivity contribution < 1.29 is 4.79 Å². The summed E-state index contributed by atoms with van der Waals surface area (Å²) in [5, 5.41) is 4.39. The van der Waals surface area contributed by atoms with Gasteiger partial charge in [-0.05, 0) is 51.2 Å². The van der Waals surface area contributed by atoms with Gasteiger partial charge in [0, 0.05) is 25.3 Å². The van der Waals surface area contributed by atoms with Crippen LogP contribution in [0.25, 0.3) is 10.3 Å². The van der Waals surface area contributed by atoms with E-state index in [4.69, 9.17) is 4.98 Å². The minimum atomic E-state index is -0.119. The van der Waals surface area contributed by atoms with Crippen molar-refractivity contribution in [2.24, 2.45) is 0 Å². The van der Waals surface area contributed by atoms with E-state index in [9.17, 15) is 9.59 Å². The molecule has 1 aliphatic rings. The van der Waals surface area contributed by atoms with Crippen LogP contribution >= 0.6 is 23.1 Å². The van der Waals surface area contributed by atoms with Crippen LogP contribution in [0.4, 0.5) is 10.8 Å². The molecule has 4 rings (SSSR count). The molecule has 1 N–H and O–H groups in total. The lowest BCUT2D eigenvalue weighted by atomic mass is 10.1. The van der Waals surface area contributed by atoms with E-state index in [2.05, 4.69) is 15.2 Å². The summed E-state index contributed by atoms with van der Waals surface area (Å²) in [6.07, 6.45) is 4.36. The van der Waals surface area contributed by atoms with Gasteiger partial charge in [0.05, 0.1) is 5.75 Å². The third kappa shape index (κ3) is 4.99. The number of amides is 1. The Kier molecular flexibility index (Phi) is 7.15. The van der Waals surface area contributed by atoms with Crippen molar-refractivity contribution in [2.75, 3.05) is 29.1 Å². The van der Waals surface area contributed by atoms with Crippen molar-refractivity contribution in [1.29, 1.82) is 0 Å². The average Bonchev–Trinajstić information content (AvgIpc) is 3.22. The number of rotatable bonds is 7. The standard InChI is InChI=1S/C23H29N5O2S2/c1-4-10-28-21(30)19-20(25-22(32-19)27-11-6-5-7-12-27)26-23(28)31-14-18(29)24-17-9-8-15(2)13-16(17)3/h8-9,13H,4-7,10-12,14H2,1-3H3,(H,24,29). The number of anilines is 2. The van der Waals surface area contributed by atoms with Gasteiger partial charge in [0.25, 0.3) is 5.56 Å². The van der Waals surface area contributed by atoms with Crippen molar-refractivity contribution in [3.05, 3.63) is 39.7 Å². The molecule has 0 spiro atoms. The maximum atomic E-state index is 13.2. The number of hydrogen-bond donors (Lipinski definition) is 1. The van der Waals surface area contributed by atoms with Crippen LogP contribution in [0.1, 0.15) is 43.7 Å². The number of carbonyl (C=O) groups is 1. The van der Waals surface area contributed by atoms with E-state index >= 15 is 0 Å². The third-order valence-corrected chi connectivity index (χ3v) is 7.60. The van der Waals surface area contributed by atoms with Crippen LogP contribution < -0.4 is 15.8 Å². The van der Waals surface area contributed by atoms with Crippen LogP contribution in [0.5, 0.6) is 0 Å². The maximum Gasteiger partial charge on any atom is 0.273 e. The molecule has 0 radical (unpaired) electrons. The highest BCUT2D eigenvalue weighted by molar-refractivity contribution is 7.99. The van der Waals surface area contributed by atoms with Gasteiger partial charge >= 0.3 is 0 Å². The summed E-state index contributed by atoms with van der Waals surface area (Å²) in [4.78, 5) is 37.4. The molecule has 3 aromatic rings. The first-order chi connectivity index (χ1) is 15.5. The van der Waals surface area contributed by atoms with Gasteiger partial charge in [0.15, 0.2) is 15.9 Å². The number of nitrogens with one attached hydrogen (secondary N) is 1. The highest BCUT2D eigenvalue weighted by atomic mass is 32.2. The molecular formula is C23H29N5O2S2. The van der Waals surface area contributed by atoms with E-state index in [-0.39, 0.29) is 17.2 Å². The molecule has 1 aromatic carbocycles. The van der Waals surface area contributed by atoms with Gasteiger partial charge in [-0.1, -0.05) is 47.7 Å². The number of fused-ring (bicyclic) bond motifs is 1. The molecule has 32 heavy (non-hydrogen) atoms. The fourth-order valence-electron chi connectivity index (χ4n) is 3.90. The minimum Gasteiger partial charge on any atom is -0.348 e. The van der Waals surface area contributed by atoms with E-state index in [1.807, 2.05) is 39.0 Å². The predicted molar refractivity (Wildman–Crippen MR) is 133 cm³/mol. The van der Waals surface area contributed by atoms with E-state index in [1.54, 1.807) is 4.57 Å². The molecule has 0 aliphatic carbocycles. The summed E-state index contributed by atoms with van der Waals surface area (Å²) < 4.78 is 2.29. The zero-order chi connectivity index (χ0) is 22.7. The Bertz CT molecular complexity index is 1180. The molecule has 1 saturated heterocycles. The summed E-state index contributed by atoms with van der Waals surface area (Å²) in [5.74, 6) is 0.0598. The fourth-order valence-corrected chi connectivity index (χ4v) is 5.72. The van der Waals surface area contributed by atoms with E-state index in [0.717, 1.165) is 54.3 Å². The van der Waals surface area contributed by atoms with Gasteiger partial charge in [-0.25, -0.2) is 4.98 Å². The Hall–Kier alpha value is -2.39. The van der Waals surface area contributed by atoms with Crippen LogP contribution in [-0.4, -0.2) is 39.3 Å². The Morgan fingerprint density at radius 1 is 1.19 bits per heavy atom. The number of aryl methyl sites for hydroxylation is 2. The summed E-state index contributed by atoms with van der Waals surface area (Å²) >= 11 is 2.73. The Morgan fingerprint density at radius 3 is 2.69 bits per heavy atom. The first kappa shape index (κ1) is 22.8. The van der Waals surface area contributed by atoms with Gasteiger partial charge in [-0.3, -0.25) is 14.2 Å². The number of carbonyl (C=O) groups excluding carboxylic acids is 1. The average molecular weight is 472 g/mol. The molecule has 0 atom stereocenters. The lowest BCUT2D eigenvalue weighted by molar-refractivity contribution is -0.113. The summed E-state index contributed by atoms with van der Waals surface area (Å²) in [5.41, 5.74) is 3.42. The minimum absolute atomic E-state index is 0.0603. The lowest BCUT2D eigenvalue weighted by Gasteiger charge is -2.25. The Labute approximate surface area is 196 Å². The van der Waals surface area contributed by atoms with Crippen LogP contribution in [0.15, 0.2) is 28.2 Å². The number of thiazole rings is 1. The Balaban J connectivity index is 1.55. The molecule has 0 unspecified atom stereocenters. The second kappa shape index (κ2) is 10.0. The number of nitrogens with zero attached hydrogens (tertiary/aromatic N) is 4. The lowest BCUT2D eigenvalue weighted by Crippen LogP contribution is -2.29. The summed E-state index contributed by atoms with van der Waals surface area (Å²) in [7, 11) is 0. The first-order valence-electron chi connectivity index (χ1n) is 11.1. The molecule has 1 aliphatic heterocycles. The van der Waals surface area contributed by atoms with Crippen LogP contribution in [0, 0.1) is 13.8 Å². The molecule has 1 fully saturated rings. The molecule has 3 heterocycles. The summed E-state index contributed by atoms with van der Waals surface area (Å²) in [6.45, 7) is 8.56. The molecule has 1 amide bonds. The van der Waals surface area contributed by atoms with Gasteiger partial charge in [0.1, 0.15) is 4.70 Å². The largest absolute Gasteiger partial charge is 0.348 e. The molecule has 170 valence electrons. The number of thioether (sulfide) groups is 1. The SMILES string of the molecule is CCCn1c(SCC(=O)Nc2ccc(C)cc2C)nc2nc(N3CCCCC3)sc2c1=O.